The van der Waals surface area contributed by atoms with Crippen LogP contribution in [0.4, 0.5) is 17.6 Å². The molecule has 100 valence electrons. The van der Waals surface area contributed by atoms with Crippen molar-refractivity contribution in [2.75, 3.05) is 31.4 Å². The van der Waals surface area contributed by atoms with Gasteiger partial charge in [0.05, 0.1) is 12.8 Å². The molecule has 2 rings (SSSR count). The van der Waals surface area contributed by atoms with Gasteiger partial charge >= 0.3 is 0 Å². The molecule has 1 aromatic heterocycles. The van der Waals surface area contributed by atoms with Crippen molar-refractivity contribution >= 4 is 29.2 Å². The van der Waals surface area contributed by atoms with Gasteiger partial charge in [-0.2, -0.15) is 15.0 Å². The quantitative estimate of drug-likeness (QED) is 0.927. The van der Waals surface area contributed by atoms with Gasteiger partial charge < -0.3 is 15.0 Å². The number of hydrogen-bond donors (Lipinski definition) is 1. The fourth-order valence-corrected chi connectivity index (χ4v) is 1.62. The summed E-state index contributed by atoms with van der Waals surface area (Å²) < 4.78 is 5.25. The molecule has 0 aliphatic rings. The maximum atomic E-state index is 5.87. The van der Waals surface area contributed by atoms with Gasteiger partial charge in [0.2, 0.25) is 17.2 Å². The normalized spacial score (nSPS) is 10.1. The van der Waals surface area contributed by atoms with E-state index in [9.17, 15) is 0 Å². The van der Waals surface area contributed by atoms with Crippen molar-refractivity contribution in [1.82, 2.24) is 15.0 Å². The molecule has 0 unspecified atom stereocenters. The Labute approximate surface area is 116 Å². The van der Waals surface area contributed by atoms with Crippen LogP contribution in [0, 0.1) is 0 Å². The first-order chi connectivity index (χ1) is 9.10. The van der Waals surface area contributed by atoms with Crippen molar-refractivity contribution in [3.8, 4) is 5.75 Å². The summed E-state index contributed by atoms with van der Waals surface area (Å²) >= 11 is 5.87. The number of nitrogens with one attached hydrogen (secondary N) is 1. The monoisotopic (exact) mass is 279 g/mol. The third-order valence-electron chi connectivity index (χ3n) is 2.35. The third-order valence-corrected chi connectivity index (χ3v) is 2.52. The maximum Gasteiger partial charge on any atom is 0.233 e. The van der Waals surface area contributed by atoms with E-state index < -0.39 is 0 Å². The number of rotatable bonds is 4. The second-order valence-electron chi connectivity index (χ2n) is 3.95. The molecule has 1 heterocycles. The van der Waals surface area contributed by atoms with E-state index in [1.165, 1.54) is 0 Å². The highest BCUT2D eigenvalue weighted by Gasteiger charge is 2.09. The van der Waals surface area contributed by atoms with Crippen LogP contribution in [-0.2, 0) is 0 Å². The summed E-state index contributed by atoms with van der Waals surface area (Å²) in [5.74, 6) is 1.55. The molecule has 0 atom stereocenters. The molecule has 1 N–H and O–H groups in total. The van der Waals surface area contributed by atoms with Crippen molar-refractivity contribution in [1.29, 1.82) is 0 Å². The number of anilines is 3. The summed E-state index contributed by atoms with van der Waals surface area (Å²) in [4.78, 5) is 14.1. The predicted molar refractivity (Wildman–Crippen MR) is 75.4 cm³/mol. The van der Waals surface area contributed by atoms with Crippen LogP contribution in [0.5, 0.6) is 5.75 Å². The number of hydrogen-bond acceptors (Lipinski definition) is 6. The molecule has 0 aliphatic heterocycles. The highest BCUT2D eigenvalue weighted by molar-refractivity contribution is 6.28. The highest BCUT2D eigenvalue weighted by Crippen LogP contribution is 2.26. The number of methoxy groups -OCH3 is 1. The second kappa shape index (κ2) is 5.71. The standard InChI is InChI=1S/C12H14ClN5O/c1-18(2)12-16-10(13)15-11(17-12)14-8-6-4-5-7-9(8)19-3/h4-7H,1-3H3,(H,14,15,16,17). The van der Waals surface area contributed by atoms with Gasteiger partial charge in [-0.1, -0.05) is 12.1 Å². The molecule has 0 fully saturated rings. The van der Waals surface area contributed by atoms with E-state index in [1.54, 1.807) is 12.0 Å². The Kier molecular flexibility index (Phi) is 4.01. The van der Waals surface area contributed by atoms with Crippen molar-refractivity contribution in [2.24, 2.45) is 0 Å². The lowest BCUT2D eigenvalue weighted by Crippen LogP contribution is -2.14. The summed E-state index contributed by atoms with van der Waals surface area (Å²) in [6.45, 7) is 0. The average Bonchev–Trinajstić information content (AvgIpc) is 2.38. The lowest BCUT2D eigenvalue weighted by molar-refractivity contribution is 0.417. The Hall–Kier alpha value is -2.08. The lowest BCUT2D eigenvalue weighted by atomic mass is 10.3. The van der Waals surface area contributed by atoms with E-state index in [1.807, 2.05) is 38.4 Å². The van der Waals surface area contributed by atoms with Crippen LogP contribution >= 0.6 is 11.6 Å². The van der Waals surface area contributed by atoms with E-state index in [-0.39, 0.29) is 5.28 Å². The Morgan fingerprint density at radius 2 is 1.89 bits per heavy atom. The SMILES string of the molecule is COc1ccccc1Nc1nc(Cl)nc(N(C)C)n1. The van der Waals surface area contributed by atoms with Crippen LogP contribution in [0.15, 0.2) is 24.3 Å². The van der Waals surface area contributed by atoms with Crippen molar-refractivity contribution in [3.05, 3.63) is 29.5 Å². The molecule has 7 heteroatoms. The molecule has 0 aliphatic carbocycles. The summed E-state index contributed by atoms with van der Waals surface area (Å²) in [7, 11) is 5.27. The van der Waals surface area contributed by atoms with Crippen LogP contribution in [0.1, 0.15) is 0 Å². The molecular weight excluding hydrogens is 266 g/mol. The first-order valence-electron chi connectivity index (χ1n) is 5.59. The summed E-state index contributed by atoms with van der Waals surface area (Å²) in [5, 5.41) is 3.20. The average molecular weight is 280 g/mol. The van der Waals surface area contributed by atoms with Crippen molar-refractivity contribution in [3.63, 3.8) is 0 Å². The first-order valence-corrected chi connectivity index (χ1v) is 5.97. The summed E-state index contributed by atoms with van der Waals surface area (Å²) in [6, 6.07) is 7.49. The zero-order chi connectivity index (χ0) is 13.8. The molecule has 0 radical (unpaired) electrons. The molecular formula is C12H14ClN5O. The molecule has 0 spiro atoms. The number of nitrogens with zero attached hydrogens (tertiary/aromatic N) is 4. The first kappa shape index (κ1) is 13.4. The highest BCUT2D eigenvalue weighted by atomic mass is 35.5. The fraction of sp³-hybridized carbons (Fsp3) is 0.250. The summed E-state index contributed by atoms with van der Waals surface area (Å²) in [5.41, 5.74) is 0.761. The van der Waals surface area contributed by atoms with E-state index >= 15 is 0 Å². The molecule has 2 aromatic rings. The van der Waals surface area contributed by atoms with Crippen LogP contribution in [0.25, 0.3) is 0 Å². The van der Waals surface area contributed by atoms with Gasteiger partial charge in [-0.25, -0.2) is 0 Å². The second-order valence-corrected chi connectivity index (χ2v) is 4.29. The molecule has 19 heavy (non-hydrogen) atoms. The van der Waals surface area contributed by atoms with E-state index in [2.05, 4.69) is 20.3 Å². The van der Waals surface area contributed by atoms with Crippen molar-refractivity contribution in [2.45, 2.75) is 0 Å². The van der Waals surface area contributed by atoms with E-state index in [4.69, 9.17) is 16.3 Å². The van der Waals surface area contributed by atoms with Gasteiger partial charge in [0.15, 0.2) is 0 Å². The Balaban J connectivity index is 2.32. The van der Waals surface area contributed by atoms with Gasteiger partial charge in [0.25, 0.3) is 0 Å². The van der Waals surface area contributed by atoms with Crippen LogP contribution in [0.2, 0.25) is 5.28 Å². The topological polar surface area (TPSA) is 63.2 Å². The number of benzene rings is 1. The third kappa shape index (κ3) is 3.23. The Morgan fingerprint density at radius 3 is 2.58 bits per heavy atom. The Bertz CT molecular complexity index is 576. The zero-order valence-corrected chi connectivity index (χ0v) is 11.6. The largest absolute Gasteiger partial charge is 0.495 e. The molecule has 0 saturated carbocycles. The number of halogens is 1. The van der Waals surface area contributed by atoms with Gasteiger partial charge in [-0.15, -0.1) is 0 Å². The predicted octanol–water partition coefficient (Wildman–Crippen LogP) is 2.34. The fourth-order valence-electron chi connectivity index (χ4n) is 1.46. The number of ether oxygens (including phenoxy) is 1. The zero-order valence-electron chi connectivity index (χ0n) is 10.9. The number of para-hydroxylation sites is 2. The van der Waals surface area contributed by atoms with E-state index in [0.717, 1.165) is 5.69 Å². The summed E-state index contributed by atoms with van der Waals surface area (Å²) in [6.07, 6.45) is 0. The maximum absolute atomic E-state index is 5.87. The molecule has 0 saturated heterocycles. The molecule has 0 bridgehead atoms. The minimum atomic E-state index is 0.135. The minimum Gasteiger partial charge on any atom is -0.495 e. The van der Waals surface area contributed by atoms with Gasteiger partial charge in [0, 0.05) is 14.1 Å². The molecule has 1 aromatic carbocycles. The molecule has 6 nitrogen and oxygen atoms in total. The van der Waals surface area contributed by atoms with Crippen LogP contribution in [0.3, 0.4) is 0 Å². The van der Waals surface area contributed by atoms with Gasteiger partial charge in [0.1, 0.15) is 5.75 Å². The smallest absolute Gasteiger partial charge is 0.233 e. The molecule has 0 amide bonds. The Morgan fingerprint density at radius 1 is 1.16 bits per heavy atom. The lowest BCUT2D eigenvalue weighted by Gasteiger charge is -2.13. The van der Waals surface area contributed by atoms with Crippen LogP contribution in [-0.4, -0.2) is 36.2 Å². The van der Waals surface area contributed by atoms with Gasteiger partial charge in [-0.3, -0.25) is 0 Å². The minimum absolute atomic E-state index is 0.135. The van der Waals surface area contributed by atoms with Gasteiger partial charge in [-0.05, 0) is 23.7 Å². The van der Waals surface area contributed by atoms with Crippen LogP contribution < -0.4 is 15.0 Å². The number of aromatic nitrogens is 3. The van der Waals surface area contributed by atoms with Crippen molar-refractivity contribution < 1.29 is 4.74 Å². The van der Waals surface area contributed by atoms with E-state index in [0.29, 0.717) is 17.6 Å².